The van der Waals surface area contributed by atoms with Gasteiger partial charge in [0.2, 0.25) is 0 Å². The molecule has 4 aliphatic rings. The maximum atomic E-state index is 6.74. The number of hydrogen-bond acceptors (Lipinski definition) is 2. The van der Waals surface area contributed by atoms with Crippen LogP contribution in [0.2, 0.25) is 26.2 Å². The second-order valence-corrected chi connectivity index (χ2v) is 25.7. The predicted octanol–water partition coefficient (Wildman–Crippen LogP) is 5.12. The van der Waals surface area contributed by atoms with Crippen LogP contribution in [0.1, 0.15) is 94.9 Å². The third kappa shape index (κ3) is 10.7. The number of rotatable bonds is 8. The van der Waals surface area contributed by atoms with E-state index in [-0.39, 0.29) is 102 Å². The normalized spacial score (nSPS) is 23.5. The fourth-order valence-electron chi connectivity index (χ4n) is 7.61. The Labute approximate surface area is 340 Å². The van der Waals surface area contributed by atoms with Gasteiger partial charge < -0.3 is 34.3 Å². The Morgan fingerprint density at radius 2 is 0.917 bits per heavy atom. The molecule has 0 aromatic carbocycles. The van der Waals surface area contributed by atoms with Gasteiger partial charge in [0.05, 0.1) is 38.8 Å². The van der Waals surface area contributed by atoms with Crippen LogP contribution in [-0.4, -0.2) is 38.8 Å². The fraction of sp³-hybridized carbons (Fsp3) is 0.600. The van der Waals surface area contributed by atoms with Crippen molar-refractivity contribution >= 4 is 16.1 Å². The van der Waals surface area contributed by atoms with Gasteiger partial charge in [0, 0.05) is 0 Å². The van der Waals surface area contributed by atoms with Crippen LogP contribution < -0.4 is 24.8 Å². The molecular weight excluding hydrogens is 735 g/mol. The summed E-state index contributed by atoms with van der Waals surface area (Å²) in [7, 11) is -3.76. The number of hydrogen-bond donors (Lipinski definition) is 0. The predicted molar refractivity (Wildman–Crippen MR) is 196 cm³/mol. The summed E-state index contributed by atoms with van der Waals surface area (Å²) in [5.74, 6) is 0. The molecule has 0 saturated carbocycles. The van der Waals surface area contributed by atoms with Gasteiger partial charge in [-0.2, -0.15) is 12.2 Å². The number of halogens is 2. The first kappa shape index (κ1) is 50.4. The standard InChI is InChI=1S/2C20H31OSi.2ClH.2Ti/c2*1-16(2)21-20(22(6,7)17-12-8-9-13-17)15-11-10-14-18(20)19(3,4)5;;;;/h2*8,10-12,14,16H,9,15H2,1-7H3;2*1H;;/q2*-1;;;2*+2/p-2. The van der Waals surface area contributed by atoms with Crippen LogP contribution in [-0.2, 0) is 52.9 Å². The first-order valence-corrected chi connectivity index (χ1v) is 22.9. The molecule has 48 heavy (non-hydrogen) atoms. The Bertz CT molecular complexity index is 1200. The molecule has 0 aromatic rings. The van der Waals surface area contributed by atoms with Crippen molar-refractivity contribution in [2.24, 2.45) is 10.8 Å². The molecule has 2 nitrogen and oxygen atoms in total. The molecule has 0 bridgehead atoms. The maximum Gasteiger partial charge on any atom is 2.00 e. The molecule has 4 rings (SSSR count). The van der Waals surface area contributed by atoms with Crippen molar-refractivity contribution in [3.63, 3.8) is 0 Å². The summed E-state index contributed by atoms with van der Waals surface area (Å²) in [5.41, 5.74) is 3.10. The average Bonchev–Trinajstić information content (AvgIpc) is 3.63. The number of ether oxygens (including phenoxy) is 2. The zero-order chi connectivity index (χ0) is 33.2. The first-order valence-electron chi connectivity index (χ1n) is 16.9. The molecule has 8 heteroatoms. The molecule has 0 amide bonds. The minimum Gasteiger partial charge on any atom is -1.00 e. The largest absolute Gasteiger partial charge is 2.00 e. The van der Waals surface area contributed by atoms with E-state index in [1.54, 1.807) is 0 Å². The van der Waals surface area contributed by atoms with E-state index in [2.05, 4.69) is 168 Å². The molecule has 0 heterocycles. The minimum atomic E-state index is -1.88. The van der Waals surface area contributed by atoms with Crippen LogP contribution in [0.3, 0.4) is 0 Å². The van der Waals surface area contributed by atoms with Crippen LogP contribution in [0.25, 0.3) is 0 Å². The van der Waals surface area contributed by atoms with E-state index in [0.29, 0.717) is 0 Å². The van der Waals surface area contributed by atoms with Crippen LogP contribution in [0.15, 0.2) is 82.3 Å². The molecular formula is C40H62Cl2O2Si2Ti2. The Hall–Kier alpha value is 0.282. The van der Waals surface area contributed by atoms with Crippen molar-refractivity contribution in [3.8, 4) is 0 Å². The fourth-order valence-corrected chi connectivity index (χ4v) is 15.2. The van der Waals surface area contributed by atoms with Crippen molar-refractivity contribution in [2.75, 3.05) is 0 Å². The summed E-state index contributed by atoms with van der Waals surface area (Å²) in [4.78, 5) is 0. The SMILES string of the molecule is CC(C)OC1([Si](C)(C)C2=[C-]CC=C2)CC=CC=C1C(C)(C)C.CC(C)OC1([Si](C)(C)C2=[C-]CC=C2)CC=CC=C1C(C)(C)C.[Cl-].[Cl-].[Ti+2].[Ti+2]. The van der Waals surface area contributed by atoms with E-state index in [0.717, 1.165) is 25.7 Å². The van der Waals surface area contributed by atoms with Crippen molar-refractivity contribution in [1.29, 1.82) is 0 Å². The van der Waals surface area contributed by atoms with E-state index in [1.165, 1.54) is 21.5 Å². The maximum absolute atomic E-state index is 6.74. The molecule has 2 atom stereocenters. The summed E-state index contributed by atoms with van der Waals surface area (Å²) in [6.07, 6.45) is 34.1. The molecule has 0 radical (unpaired) electrons. The summed E-state index contributed by atoms with van der Waals surface area (Å²) >= 11 is 0. The molecule has 0 N–H and O–H groups in total. The van der Waals surface area contributed by atoms with Crippen LogP contribution in [0.5, 0.6) is 0 Å². The Kier molecular flexibility index (Phi) is 20.4. The van der Waals surface area contributed by atoms with E-state index in [4.69, 9.17) is 9.47 Å². The van der Waals surface area contributed by atoms with E-state index >= 15 is 0 Å². The van der Waals surface area contributed by atoms with E-state index in [9.17, 15) is 0 Å². The monoisotopic (exact) mass is 796 g/mol. The molecule has 0 fully saturated rings. The van der Waals surface area contributed by atoms with Crippen molar-refractivity contribution in [1.82, 2.24) is 0 Å². The Morgan fingerprint density at radius 3 is 1.15 bits per heavy atom. The zero-order valence-electron chi connectivity index (χ0n) is 32.3. The summed E-state index contributed by atoms with van der Waals surface area (Å²) in [5, 5.41) is 2.48. The van der Waals surface area contributed by atoms with Gasteiger partial charge in [-0.3, -0.25) is 12.2 Å². The molecule has 0 aliphatic heterocycles. The minimum absolute atomic E-state index is 0. The van der Waals surface area contributed by atoms with Crippen molar-refractivity contribution < 1.29 is 77.7 Å². The molecule has 264 valence electrons. The van der Waals surface area contributed by atoms with E-state index < -0.39 is 16.1 Å². The van der Waals surface area contributed by atoms with Gasteiger partial charge in [-0.15, -0.1) is 12.8 Å². The van der Waals surface area contributed by atoms with Crippen LogP contribution in [0.4, 0.5) is 0 Å². The second kappa shape index (κ2) is 19.4. The quantitative estimate of drug-likeness (QED) is 0.251. The average molecular weight is 798 g/mol. The molecule has 0 spiro atoms. The van der Waals surface area contributed by atoms with E-state index in [1.807, 2.05) is 0 Å². The number of allylic oxidation sites excluding steroid dienone is 12. The van der Waals surface area contributed by atoms with Crippen LogP contribution in [0, 0.1) is 23.0 Å². The third-order valence-corrected chi connectivity index (χ3v) is 18.3. The van der Waals surface area contributed by atoms with Crippen LogP contribution >= 0.6 is 0 Å². The topological polar surface area (TPSA) is 18.5 Å². The van der Waals surface area contributed by atoms with Gasteiger partial charge in [-0.1, -0.05) is 104 Å². The summed E-state index contributed by atoms with van der Waals surface area (Å²) in [6.45, 7) is 32.3. The first-order chi connectivity index (χ1) is 20.2. The van der Waals surface area contributed by atoms with Gasteiger partial charge in [-0.05, 0) is 62.5 Å². The van der Waals surface area contributed by atoms with Crippen molar-refractivity contribution in [3.05, 3.63) is 94.5 Å². The molecule has 0 aromatic heterocycles. The second-order valence-electron chi connectivity index (χ2n) is 16.6. The Balaban J connectivity index is 0. The van der Waals surface area contributed by atoms with Gasteiger partial charge in [0.1, 0.15) is 0 Å². The van der Waals surface area contributed by atoms with Gasteiger partial charge in [0.15, 0.2) is 0 Å². The molecule has 4 aliphatic carbocycles. The smallest absolute Gasteiger partial charge is 1.00 e. The van der Waals surface area contributed by atoms with Gasteiger partial charge >= 0.3 is 43.4 Å². The zero-order valence-corrected chi connectivity index (χ0v) is 39.0. The molecule has 0 saturated heterocycles. The molecule has 2 unspecified atom stereocenters. The summed E-state index contributed by atoms with van der Waals surface area (Å²) < 4.78 is 13.5. The van der Waals surface area contributed by atoms with Gasteiger partial charge in [-0.25, -0.2) is 22.5 Å². The van der Waals surface area contributed by atoms with Gasteiger partial charge in [0.25, 0.3) is 0 Å². The Morgan fingerprint density at radius 1 is 0.604 bits per heavy atom. The third-order valence-electron chi connectivity index (χ3n) is 9.72. The van der Waals surface area contributed by atoms with Crippen molar-refractivity contribution in [2.45, 2.75) is 144 Å². The summed E-state index contributed by atoms with van der Waals surface area (Å²) in [6, 6.07) is 0.